The van der Waals surface area contributed by atoms with Gasteiger partial charge in [-0.1, -0.05) is 42.6 Å². The van der Waals surface area contributed by atoms with E-state index in [-0.39, 0.29) is 22.8 Å². The highest BCUT2D eigenvalue weighted by molar-refractivity contribution is 7.89. The van der Waals surface area contributed by atoms with E-state index in [0.717, 1.165) is 44.1 Å². The van der Waals surface area contributed by atoms with Crippen LogP contribution in [0, 0.1) is 12.8 Å². The average Bonchev–Trinajstić information content (AvgIpc) is 3.53. The summed E-state index contributed by atoms with van der Waals surface area (Å²) in [5.41, 5.74) is 2.03. The van der Waals surface area contributed by atoms with Crippen molar-refractivity contribution in [3.63, 3.8) is 0 Å². The van der Waals surface area contributed by atoms with Crippen molar-refractivity contribution in [2.45, 2.75) is 62.8 Å². The molecule has 1 aromatic heterocycles. The first-order valence-electron chi connectivity index (χ1n) is 10.5. The molecule has 0 aliphatic heterocycles. The Kier molecular flexibility index (Phi) is 6.06. The lowest BCUT2D eigenvalue weighted by Gasteiger charge is -2.22. The Morgan fingerprint density at radius 1 is 1.07 bits per heavy atom. The molecule has 1 aromatic carbocycles. The van der Waals surface area contributed by atoms with Crippen molar-refractivity contribution in [3.8, 4) is 0 Å². The van der Waals surface area contributed by atoms with Gasteiger partial charge >= 0.3 is 0 Å². The molecule has 2 aliphatic carbocycles. The number of hydrogen-bond donors (Lipinski definition) is 2. The molecule has 4 rings (SSSR count). The molecular formula is C22H27N3O4S. The van der Waals surface area contributed by atoms with Gasteiger partial charge in [0.2, 0.25) is 15.9 Å². The third-order valence-electron chi connectivity index (χ3n) is 5.63. The number of nitrogens with zero attached hydrogens (tertiary/aromatic N) is 1. The second-order valence-corrected chi connectivity index (χ2v) is 9.84. The second kappa shape index (κ2) is 8.73. The third-order valence-corrected chi connectivity index (χ3v) is 7.17. The van der Waals surface area contributed by atoms with Crippen molar-refractivity contribution in [3.05, 3.63) is 41.3 Å². The van der Waals surface area contributed by atoms with Gasteiger partial charge in [0.1, 0.15) is 11.4 Å². The van der Waals surface area contributed by atoms with Gasteiger partial charge in [-0.05, 0) is 56.4 Å². The van der Waals surface area contributed by atoms with Crippen LogP contribution in [0.3, 0.4) is 0 Å². The molecule has 1 heterocycles. The molecule has 8 heteroatoms. The normalized spacial score (nSPS) is 18.0. The van der Waals surface area contributed by atoms with Crippen molar-refractivity contribution in [2.75, 3.05) is 5.32 Å². The van der Waals surface area contributed by atoms with Gasteiger partial charge in [-0.15, -0.1) is 0 Å². The Hall–Kier alpha value is -2.45. The summed E-state index contributed by atoms with van der Waals surface area (Å²) < 4.78 is 33.4. The number of carbonyl (C=O) groups is 1. The molecule has 2 aliphatic rings. The minimum absolute atomic E-state index is 0.00373. The van der Waals surface area contributed by atoms with Gasteiger partial charge in [-0.2, -0.15) is 0 Å². The summed E-state index contributed by atoms with van der Waals surface area (Å²) in [6.45, 7) is 1.78. The van der Waals surface area contributed by atoms with Gasteiger partial charge in [0.05, 0.1) is 4.90 Å². The Balaban J connectivity index is 1.43. The summed E-state index contributed by atoms with van der Waals surface area (Å²) in [5.74, 6) is 0.556. The van der Waals surface area contributed by atoms with E-state index < -0.39 is 10.0 Å². The van der Waals surface area contributed by atoms with Crippen LogP contribution in [-0.4, -0.2) is 25.5 Å². The molecule has 160 valence electrons. The zero-order chi connectivity index (χ0) is 21.1. The van der Waals surface area contributed by atoms with Crippen LogP contribution in [0.4, 0.5) is 5.69 Å². The molecule has 1 amide bonds. The molecule has 2 saturated carbocycles. The molecule has 0 unspecified atom stereocenters. The SMILES string of the molecule is Cc1noc(/C=C\c2ccc(S(=O)(=O)NC3CCCCC3)cc2)c1NC(=O)C1CC1. The minimum atomic E-state index is -3.51. The van der Waals surface area contributed by atoms with Gasteiger partial charge in [-0.3, -0.25) is 4.79 Å². The molecule has 0 saturated heterocycles. The van der Waals surface area contributed by atoms with Crippen LogP contribution >= 0.6 is 0 Å². The first kappa shape index (κ1) is 20.8. The van der Waals surface area contributed by atoms with E-state index in [4.69, 9.17) is 4.52 Å². The number of anilines is 1. The Bertz CT molecular complexity index is 1030. The lowest BCUT2D eigenvalue weighted by molar-refractivity contribution is -0.117. The van der Waals surface area contributed by atoms with Crippen molar-refractivity contribution in [2.24, 2.45) is 5.92 Å². The van der Waals surface area contributed by atoms with E-state index in [9.17, 15) is 13.2 Å². The molecule has 2 fully saturated rings. The number of amides is 1. The molecule has 0 atom stereocenters. The third kappa shape index (κ3) is 4.99. The van der Waals surface area contributed by atoms with E-state index in [1.807, 2.05) is 0 Å². The second-order valence-electron chi connectivity index (χ2n) is 8.13. The number of aromatic nitrogens is 1. The summed E-state index contributed by atoms with van der Waals surface area (Å²) in [6.07, 6.45) is 10.5. The number of carbonyl (C=O) groups excluding carboxylic acids is 1. The summed E-state index contributed by atoms with van der Waals surface area (Å²) >= 11 is 0. The molecule has 2 aromatic rings. The van der Waals surface area contributed by atoms with Crippen molar-refractivity contribution < 1.29 is 17.7 Å². The fourth-order valence-electron chi connectivity index (χ4n) is 3.66. The van der Waals surface area contributed by atoms with Crippen molar-refractivity contribution >= 4 is 33.8 Å². The van der Waals surface area contributed by atoms with Crippen molar-refractivity contribution in [1.29, 1.82) is 0 Å². The Morgan fingerprint density at radius 2 is 1.77 bits per heavy atom. The molecular weight excluding hydrogens is 402 g/mol. The van der Waals surface area contributed by atoms with Gasteiger partial charge < -0.3 is 9.84 Å². The zero-order valence-corrected chi connectivity index (χ0v) is 17.9. The number of nitrogens with one attached hydrogen (secondary N) is 2. The highest BCUT2D eigenvalue weighted by Crippen LogP contribution is 2.32. The lowest BCUT2D eigenvalue weighted by Crippen LogP contribution is -2.36. The quantitative estimate of drug-likeness (QED) is 0.690. The monoisotopic (exact) mass is 429 g/mol. The molecule has 30 heavy (non-hydrogen) atoms. The van der Waals surface area contributed by atoms with Crippen LogP contribution < -0.4 is 10.0 Å². The van der Waals surface area contributed by atoms with E-state index in [2.05, 4.69) is 15.2 Å². The first-order valence-corrected chi connectivity index (χ1v) is 12.0. The predicted octanol–water partition coefficient (Wildman–Crippen LogP) is 4.11. The van der Waals surface area contributed by atoms with Crippen LogP contribution in [0.5, 0.6) is 0 Å². The van der Waals surface area contributed by atoms with Crippen LogP contribution in [0.15, 0.2) is 33.7 Å². The maximum absolute atomic E-state index is 12.6. The average molecular weight is 430 g/mol. The Labute approximate surface area is 177 Å². The van der Waals surface area contributed by atoms with Gasteiger partial charge in [-0.25, -0.2) is 13.1 Å². The van der Waals surface area contributed by atoms with Crippen LogP contribution in [0.2, 0.25) is 0 Å². The first-order chi connectivity index (χ1) is 14.4. The smallest absolute Gasteiger partial charge is 0.240 e. The fraction of sp³-hybridized carbons (Fsp3) is 0.455. The number of benzene rings is 1. The standard InChI is InChI=1S/C22H27N3O4S/c1-15-21(23-22(26)17-10-11-17)20(29-24-15)14-9-16-7-12-19(13-8-16)30(27,28)25-18-5-3-2-4-6-18/h7-9,12-14,17-18,25H,2-6,10-11H2,1H3,(H,23,26)/b14-9-. The summed E-state index contributed by atoms with van der Waals surface area (Å²) in [5, 5.41) is 6.83. The van der Waals surface area contributed by atoms with Gasteiger partial charge in [0, 0.05) is 12.0 Å². The fourth-order valence-corrected chi connectivity index (χ4v) is 4.97. The number of sulfonamides is 1. The summed E-state index contributed by atoms with van der Waals surface area (Å²) in [4.78, 5) is 12.3. The summed E-state index contributed by atoms with van der Waals surface area (Å²) in [7, 11) is -3.51. The van der Waals surface area contributed by atoms with Crippen LogP contribution in [-0.2, 0) is 14.8 Å². The highest BCUT2D eigenvalue weighted by Gasteiger charge is 2.30. The molecule has 0 radical (unpaired) electrons. The molecule has 0 spiro atoms. The number of rotatable bonds is 7. The van der Waals surface area contributed by atoms with E-state index >= 15 is 0 Å². The summed E-state index contributed by atoms with van der Waals surface area (Å²) in [6, 6.07) is 6.73. The Morgan fingerprint density at radius 3 is 2.43 bits per heavy atom. The number of hydrogen-bond acceptors (Lipinski definition) is 5. The van der Waals surface area contributed by atoms with Crippen molar-refractivity contribution in [1.82, 2.24) is 9.88 Å². The highest BCUT2D eigenvalue weighted by atomic mass is 32.2. The van der Waals surface area contributed by atoms with E-state index in [1.165, 1.54) is 6.42 Å². The maximum atomic E-state index is 12.6. The van der Waals surface area contributed by atoms with Gasteiger partial charge in [0.25, 0.3) is 0 Å². The van der Waals surface area contributed by atoms with Crippen LogP contribution in [0.25, 0.3) is 12.2 Å². The largest absolute Gasteiger partial charge is 0.354 e. The topological polar surface area (TPSA) is 101 Å². The number of aryl methyl sites for hydroxylation is 1. The lowest BCUT2D eigenvalue weighted by atomic mass is 9.96. The molecule has 7 nitrogen and oxygen atoms in total. The zero-order valence-electron chi connectivity index (χ0n) is 17.1. The predicted molar refractivity (Wildman–Crippen MR) is 115 cm³/mol. The molecule has 2 N–H and O–H groups in total. The van der Waals surface area contributed by atoms with Crippen LogP contribution in [0.1, 0.15) is 62.0 Å². The molecule has 0 bridgehead atoms. The minimum Gasteiger partial charge on any atom is -0.354 e. The maximum Gasteiger partial charge on any atom is 0.240 e. The van der Waals surface area contributed by atoms with E-state index in [0.29, 0.717) is 17.1 Å². The van der Waals surface area contributed by atoms with E-state index in [1.54, 1.807) is 43.3 Å². The van der Waals surface area contributed by atoms with Gasteiger partial charge in [0.15, 0.2) is 5.76 Å².